The first-order valence-electron chi connectivity index (χ1n) is 13.4. The van der Waals surface area contributed by atoms with E-state index in [2.05, 4.69) is 65.6 Å². The molecule has 1 atom stereocenters. The van der Waals surface area contributed by atoms with Crippen LogP contribution in [0.25, 0.3) is 10.9 Å². The number of hydrazine groups is 2. The third-order valence-electron chi connectivity index (χ3n) is 7.43. The highest BCUT2D eigenvalue weighted by Crippen LogP contribution is 2.43. The molecule has 208 valence electrons. The van der Waals surface area contributed by atoms with Crippen molar-refractivity contribution in [3.8, 4) is 18.2 Å². The van der Waals surface area contributed by atoms with Crippen LogP contribution in [0.4, 0.5) is 11.4 Å². The van der Waals surface area contributed by atoms with Crippen molar-refractivity contribution in [2.24, 2.45) is 11.1 Å². The predicted octanol–water partition coefficient (Wildman–Crippen LogP) is 2.93. The molecule has 2 aliphatic rings. The number of pyridine rings is 1. The topological polar surface area (TPSA) is 179 Å². The Morgan fingerprint density at radius 3 is 2.50 bits per heavy atom. The Kier molecular flexibility index (Phi) is 6.94. The number of aromatic nitrogens is 1. The summed E-state index contributed by atoms with van der Waals surface area (Å²) in [5.74, 6) is -0.458. The number of carbonyl (C=O) groups excluding carboxylic acids is 1. The molecule has 1 aliphatic carbocycles. The van der Waals surface area contributed by atoms with Crippen LogP contribution in [0.2, 0.25) is 0 Å². The zero-order chi connectivity index (χ0) is 30.3. The van der Waals surface area contributed by atoms with Crippen LogP contribution in [0.1, 0.15) is 55.9 Å². The molecule has 12 heteroatoms. The summed E-state index contributed by atoms with van der Waals surface area (Å²) in [6, 6.07) is 16.8. The molecule has 1 fully saturated rings. The summed E-state index contributed by atoms with van der Waals surface area (Å²) < 4.78 is 0. The minimum Gasteiger partial charge on any atom is -0.383 e. The first kappa shape index (κ1) is 28.3. The summed E-state index contributed by atoms with van der Waals surface area (Å²) in [4.78, 5) is 16.6. The van der Waals surface area contributed by atoms with Crippen LogP contribution in [-0.4, -0.2) is 35.8 Å². The van der Waals surface area contributed by atoms with E-state index in [9.17, 15) is 20.6 Å². The third-order valence-corrected chi connectivity index (χ3v) is 7.43. The van der Waals surface area contributed by atoms with Gasteiger partial charge in [-0.1, -0.05) is 32.9 Å². The quantitative estimate of drug-likeness (QED) is 0.259. The Bertz CT molecular complexity index is 1750. The normalized spacial score (nSPS) is 16.7. The summed E-state index contributed by atoms with van der Waals surface area (Å²) in [6.07, 6.45) is 4.32. The second-order valence-corrected chi connectivity index (χ2v) is 11.8. The van der Waals surface area contributed by atoms with Crippen LogP contribution in [0.3, 0.4) is 0 Å². The number of rotatable bonds is 8. The van der Waals surface area contributed by atoms with Crippen molar-refractivity contribution in [3.63, 3.8) is 0 Å². The van der Waals surface area contributed by atoms with Crippen molar-refractivity contribution in [1.82, 2.24) is 21.0 Å². The number of hydrogen-bond donors (Lipinski definition) is 5. The molecule has 0 saturated heterocycles. The largest absolute Gasteiger partial charge is 0.383 e. The number of fused-ring (bicyclic) bond motifs is 1. The van der Waals surface area contributed by atoms with E-state index in [1.165, 1.54) is 6.20 Å². The second-order valence-electron chi connectivity index (χ2n) is 11.8. The molecular weight excluding hydrogens is 527 g/mol. The van der Waals surface area contributed by atoms with Gasteiger partial charge in [-0.05, 0) is 48.1 Å². The molecule has 42 heavy (non-hydrogen) atoms. The Hall–Kier alpha value is -5.25. The lowest BCUT2D eigenvalue weighted by Gasteiger charge is -2.34. The van der Waals surface area contributed by atoms with Crippen LogP contribution in [-0.2, 0) is 10.2 Å². The number of benzene rings is 2. The SMILES string of the molecule is [B]C(Nc1cc(C#N)c2ncc(C#N)c(NCC(C)(C)C)c2c1)(C1=CN(C2(C(N)=O)CC2)NN1)c1cccc(C#N)c1. The maximum Gasteiger partial charge on any atom is 0.244 e. The molecule has 0 spiro atoms. The number of nitriles is 3. The molecule has 3 aromatic rings. The number of hydrogen-bond acceptors (Lipinski definition) is 10. The van der Waals surface area contributed by atoms with E-state index in [0.29, 0.717) is 64.1 Å². The Morgan fingerprint density at radius 2 is 1.88 bits per heavy atom. The van der Waals surface area contributed by atoms with E-state index in [1.54, 1.807) is 47.6 Å². The lowest BCUT2D eigenvalue weighted by Crippen LogP contribution is -2.52. The van der Waals surface area contributed by atoms with Gasteiger partial charge in [0, 0.05) is 30.0 Å². The highest BCUT2D eigenvalue weighted by atomic mass is 16.2. The van der Waals surface area contributed by atoms with Gasteiger partial charge in [0.1, 0.15) is 25.5 Å². The van der Waals surface area contributed by atoms with E-state index in [-0.39, 0.29) is 11.0 Å². The van der Waals surface area contributed by atoms with Crippen molar-refractivity contribution in [1.29, 1.82) is 15.8 Å². The zero-order valence-corrected chi connectivity index (χ0v) is 23.5. The van der Waals surface area contributed by atoms with E-state index in [1.807, 2.05) is 0 Å². The van der Waals surface area contributed by atoms with Gasteiger partial charge in [-0.15, -0.1) is 5.53 Å². The molecule has 0 bridgehead atoms. The van der Waals surface area contributed by atoms with Gasteiger partial charge in [0.05, 0.1) is 45.1 Å². The number of carbonyl (C=O) groups is 1. The number of amides is 1. The highest BCUT2D eigenvalue weighted by molar-refractivity contribution is 6.19. The maximum absolute atomic E-state index is 12.2. The van der Waals surface area contributed by atoms with Gasteiger partial charge in [-0.25, -0.2) is 0 Å². The van der Waals surface area contributed by atoms with E-state index in [0.717, 1.165) is 0 Å². The molecule has 1 unspecified atom stereocenters. The van der Waals surface area contributed by atoms with Gasteiger partial charge in [-0.2, -0.15) is 15.8 Å². The van der Waals surface area contributed by atoms with E-state index < -0.39 is 16.9 Å². The van der Waals surface area contributed by atoms with Gasteiger partial charge in [0.15, 0.2) is 0 Å². The van der Waals surface area contributed by atoms with Crippen LogP contribution in [0.15, 0.2) is 54.5 Å². The number of primary amides is 1. The Labute approximate surface area is 245 Å². The summed E-state index contributed by atoms with van der Waals surface area (Å²) in [7, 11) is 7.13. The van der Waals surface area contributed by atoms with Gasteiger partial charge < -0.3 is 21.8 Å². The fourth-order valence-electron chi connectivity index (χ4n) is 4.92. The Balaban J connectivity index is 1.65. The first-order valence-corrected chi connectivity index (χ1v) is 13.4. The van der Waals surface area contributed by atoms with Gasteiger partial charge >= 0.3 is 0 Å². The fourth-order valence-corrected chi connectivity index (χ4v) is 4.92. The van der Waals surface area contributed by atoms with Gasteiger partial charge in [-0.3, -0.25) is 14.8 Å². The molecular formula is C30H29BN10O. The first-order chi connectivity index (χ1) is 19.9. The van der Waals surface area contributed by atoms with Crippen molar-refractivity contribution in [2.75, 3.05) is 17.2 Å². The van der Waals surface area contributed by atoms with Crippen molar-refractivity contribution in [3.05, 3.63) is 76.7 Å². The minimum atomic E-state index is -1.47. The molecule has 1 saturated carbocycles. The van der Waals surface area contributed by atoms with Crippen molar-refractivity contribution in [2.45, 2.75) is 44.6 Å². The maximum atomic E-state index is 12.2. The van der Waals surface area contributed by atoms with Gasteiger partial charge in [0.25, 0.3) is 0 Å². The lowest BCUT2D eigenvalue weighted by molar-refractivity contribution is -0.124. The van der Waals surface area contributed by atoms with Crippen molar-refractivity contribution < 1.29 is 4.79 Å². The van der Waals surface area contributed by atoms with E-state index >= 15 is 0 Å². The number of anilines is 2. The summed E-state index contributed by atoms with van der Waals surface area (Å²) in [5.41, 5.74) is 12.8. The molecule has 6 N–H and O–H groups in total. The zero-order valence-electron chi connectivity index (χ0n) is 23.5. The summed E-state index contributed by atoms with van der Waals surface area (Å²) in [6.45, 7) is 6.79. The molecule has 1 aliphatic heterocycles. The van der Waals surface area contributed by atoms with Crippen LogP contribution in [0.5, 0.6) is 0 Å². The molecule has 2 heterocycles. The third kappa shape index (κ3) is 5.03. The average molecular weight is 556 g/mol. The fraction of sp³-hybridized carbons (Fsp3) is 0.300. The summed E-state index contributed by atoms with van der Waals surface area (Å²) in [5, 5.41) is 38.4. The smallest absolute Gasteiger partial charge is 0.244 e. The predicted molar refractivity (Wildman–Crippen MR) is 159 cm³/mol. The molecule has 2 radical (unpaired) electrons. The van der Waals surface area contributed by atoms with E-state index in [4.69, 9.17) is 13.6 Å². The number of nitrogens with zero attached hydrogens (tertiary/aromatic N) is 5. The number of nitrogens with two attached hydrogens (primary N) is 1. The molecule has 5 rings (SSSR count). The molecule has 2 aromatic carbocycles. The molecule has 11 nitrogen and oxygen atoms in total. The average Bonchev–Trinajstić information content (AvgIpc) is 3.63. The lowest BCUT2D eigenvalue weighted by atomic mass is 9.69. The number of nitrogens with one attached hydrogen (secondary N) is 4. The monoisotopic (exact) mass is 556 g/mol. The molecule has 1 amide bonds. The Morgan fingerprint density at radius 1 is 1.14 bits per heavy atom. The highest BCUT2D eigenvalue weighted by Gasteiger charge is 2.55. The van der Waals surface area contributed by atoms with Crippen LogP contribution in [0, 0.1) is 39.4 Å². The second kappa shape index (κ2) is 10.3. The van der Waals surface area contributed by atoms with Crippen LogP contribution >= 0.6 is 0 Å². The molecule has 1 aromatic heterocycles. The standard InChI is InChI=1S/C30H29BN10O/c1-28(2,3)17-37-26-20(14-34)15-36-25-19(13-33)10-22(11-23(25)26)38-30(31,21-6-4-5-18(9-21)12-32)24-16-41(40-39-24)29(7-8-29)27(35)42/h4-6,9-11,15-16,38-40H,7-8,17H2,1-3H3,(H2,35,42)(H,36,37). The van der Waals surface area contributed by atoms with Crippen LogP contribution < -0.4 is 27.3 Å². The minimum absolute atomic E-state index is 0.0856. The van der Waals surface area contributed by atoms with Crippen molar-refractivity contribution >= 4 is 36.0 Å². The van der Waals surface area contributed by atoms with Gasteiger partial charge in [0.2, 0.25) is 5.91 Å². The summed E-state index contributed by atoms with van der Waals surface area (Å²) >= 11 is 0.